The molecule has 1 saturated heterocycles. The fourth-order valence-electron chi connectivity index (χ4n) is 2.99. The number of amides is 1. The number of sulfonamides is 1. The molecule has 0 aliphatic carbocycles. The molecule has 0 unspecified atom stereocenters. The van der Waals surface area contributed by atoms with Crippen LogP contribution in [0.2, 0.25) is 0 Å². The quantitative estimate of drug-likeness (QED) is 0.822. The molecule has 1 fully saturated rings. The molecule has 0 saturated carbocycles. The van der Waals surface area contributed by atoms with Crippen LogP contribution in [0, 0.1) is 6.92 Å². The summed E-state index contributed by atoms with van der Waals surface area (Å²) < 4.78 is 32.0. The topological polar surface area (TPSA) is 66.9 Å². The molecule has 2 aromatic rings. The van der Waals surface area contributed by atoms with Crippen LogP contribution in [0.4, 0.5) is 0 Å². The predicted molar refractivity (Wildman–Crippen MR) is 98.8 cm³/mol. The second kappa shape index (κ2) is 7.47. The fourth-order valence-corrected chi connectivity index (χ4v) is 4.41. The van der Waals surface area contributed by atoms with Gasteiger partial charge in [-0.2, -0.15) is 4.31 Å². The highest BCUT2D eigenvalue weighted by molar-refractivity contribution is 7.89. The number of rotatable bonds is 4. The average Bonchev–Trinajstić information content (AvgIpc) is 2.67. The molecular weight excluding hydrogens is 352 g/mol. The SMILES string of the molecule is COc1ccc(S(=O)(=O)N2CCN(C(=O)c3cccc(C)c3)CC2)cc1. The normalized spacial score (nSPS) is 15.7. The van der Waals surface area contributed by atoms with E-state index >= 15 is 0 Å². The first-order chi connectivity index (χ1) is 12.4. The summed E-state index contributed by atoms with van der Waals surface area (Å²) in [6.07, 6.45) is 0. The van der Waals surface area contributed by atoms with E-state index in [1.54, 1.807) is 35.2 Å². The summed E-state index contributed by atoms with van der Waals surface area (Å²) in [6, 6.07) is 13.8. The van der Waals surface area contributed by atoms with Crippen molar-refractivity contribution in [3.8, 4) is 5.75 Å². The zero-order valence-corrected chi connectivity index (χ0v) is 15.7. The van der Waals surface area contributed by atoms with E-state index in [-0.39, 0.29) is 23.9 Å². The lowest BCUT2D eigenvalue weighted by Gasteiger charge is -2.34. The highest BCUT2D eigenvalue weighted by Gasteiger charge is 2.30. The smallest absolute Gasteiger partial charge is 0.253 e. The summed E-state index contributed by atoms with van der Waals surface area (Å²) >= 11 is 0. The molecule has 0 N–H and O–H groups in total. The summed E-state index contributed by atoms with van der Waals surface area (Å²) in [7, 11) is -2.03. The second-order valence-corrected chi connectivity index (χ2v) is 8.18. The first-order valence-corrected chi connectivity index (χ1v) is 9.86. The van der Waals surface area contributed by atoms with Crippen LogP contribution in [-0.4, -0.2) is 56.8 Å². The minimum Gasteiger partial charge on any atom is -0.497 e. The second-order valence-electron chi connectivity index (χ2n) is 6.24. The van der Waals surface area contributed by atoms with Crippen LogP contribution < -0.4 is 4.74 Å². The maximum Gasteiger partial charge on any atom is 0.253 e. The molecule has 0 bridgehead atoms. The van der Waals surface area contributed by atoms with E-state index < -0.39 is 10.0 Å². The standard InChI is InChI=1S/C19H22N2O4S/c1-15-4-3-5-16(14-15)19(22)20-10-12-21(13-11-20)26(23,24)18-8-6-17(25-2)7-9-18/h3-9,14H,10-13H2,1-2H3. The molecule has 26 heavy (non-hydrogen) atoms. The zero-order chi connectivity index (χ0) is 18.7. The Labute approximate surface area is 154 Å². The van der Waals surface area contributed by atoms with Crippen molar-refractivity contribution in [1.82, 2.24) is 9.21 Å². The number of carbonyl (C=O) groups excluding carboxylic acids is 1. The number of carbonyl (C=O) groups is 1. The maximum absolute atomic E-state index is 12.8. The number of piperazine rings is 1. The van der Waals surface area contributed by atoms with Gasteiger partial charge in [0.1, 0.15) is 5.75 Å². The van der Waals surface area contributed by atoms with E-state index in [1.165, 1.54) is 11.4 Å². The van der Waals surface area contributed by atoms with Gasteiger partial charge in [-0.15, -0.1) is 0 Å². The monoisotopic (exact) mass is 374 g/mol. The van der Waals surface area contributed by atoms with Gasteiger partial charge in [0.2, 0.25) is 10.0 Å². The lowest BCUT2D eigenvalue weighted by atomic mass is 10.1. The first-order valence-electron chi connectivity index (χ1n) is 8.42. The van der Waals surface area contributed by atoms with Gasteiger partial charge in [-0.25, -0.2) is 8.42 Å². The number of hydrogen-bond donors (Lipinski definition) is 0. The number of hydrogen-bond acceptors (Lipinski definition) is 4. The van der Waals surface area contributed by atoms with E-state index in [0.29, 0.717) is 24.4 Å². The van der Waals surface area contributed by atoms with Gasteiger partial charge in [-0.3, -0.25) is 4.79 Å². The number of benzene rings is 2. The molecule has 138 valence electrons. The van der Waals surface area contributed by atoms with Crippen molar-refractivity contribution in [1.29, 1.82) is 0 Å². The van der Waals surface area contributed by atoms with E-state index in [9.17, 15) is 13.2 Å². The van der Waals surface area contributed by atoms with Crippen molar-refractivity contribution in [3.05, 3.63) is 59.7 Å². The molecule has 0 spiro atoms. The largest absolute Gasteiger partial charge is 0.497 e. The van der Waals surface area contributed by atoms with Crippen LogP contribution in [-0.2, 0) is 10.0 Å². The Kier molecular flexibility index (Phi) is 5.29. The van der Waals surface area contributed by atoms with Crippen LogP contribution in [0.25, 0.3) is 0 Å². The number of nitrogens with zero attached hydrogens (tertiary/aromatic N) is 2. The summed E-state index contributed by atoms with van der Waals surface area (Å²) in [5.41, 5.74) is 1.66. The number of aryl methyl sites for hydroxylation is 1. The van der Waals surface area contributed by atoms with Gasteiger partial charge in [-0.1, -0.05) is 17.7 Å². The Hall–Kier alpha value is -2.38. The average molecular weight is 374 g/mol. The molecule has 2 aromatic carbocycles. The summed E-state index contributed by atoms with van der Waals surface area (Å²) in [4.78, 5) is 14.5. The van der Waals surface area contributed by atoms with Crippen molar-refractivity contribution in [3.63, 3.8) is 0 Å². The van der Waals surface area contributed by atoms with Crippen molar-refractivity contribution in [2.45, 2.75) is 11.8 Å². The molecule has 6 nitrogen and oxygen atoms in total. The molecule has 1 aliphatic rings. The van der Waals surface area contributed by atoms with Crippen molar-refractivity contribution in [2.24, 2.45) is 0 Å². The van der Waals surface area contributed by atoms with E-state index in [2.05, 4.69) is 0 Å². The lowest BCUT2D eigenvalue weighted by Crippen LogP contribution is -2.50. The number of methoxy groups -OCH3 is 1. The van der Waals surface area contributed by atoms with Crippen LogP contribution in [0.5, 0.6) is 5.75 Å². The molecule has 1 aliphatic heterocycles. The number of ether oxygens (including phenoxy) is 1. The minimum absolute atomic E-state index is 0.0600. The highest BCUT2D eigenvalue weighted by atomic mass is 32.2. The maximum atomic E-state index is 12.8. The van der Waals surface area contributed by atoms with Crippen LogP contribution >= 0.6 is 0 Å². The third-order valence-electron chi connectivity index (χ3n) is 4.49. The van der Waals surface area contributed by atoms with Crippen LogP contribution in [0.1, 0.15) is 15.9 Å². The molecule has 1 heterocycles. The van der Waals surface area contributed by atoms with Gasteiger partial charge in [0, 0.05) is 31.7 Å². The van der Waals surface area contributed by atoms with E-state index in [0.717, 1.165) is 5.56 Å². The summed E-state index contributed by atoms with van der Waals surface area (Å²) in [5.74, 6) is 0.549. The summed E-state index contributed by atoms with van der Waals surface area (Å²) in [5, 5.41) is 0. The highest BCUT2D eigenvalue weighted by Crippen LogP contribution is 2.21. The minimum atomic E-state index is -3.57. The van der Waals surface area contributed by atoms with Gasteiger partial charge in [0.25, 0.3) is 5.91 Å². The summed E-state index contributed by atoms with van der Waals surface area (Å²) in [6.45, 7) is 3.26. The predicted octanol–water partition coefficient (Wildman–Crippen LogP) is 2.15. The molecule has 3 rings (SSSR count). The van der Waals surface area contributed by atoms with E-state index in [1.807, 2.05) is 25.1 Å². The molecule has 0 aromatic heterocycles. The van der Waals surface area contributed by atoms with Gasteiger partial charge >= 0.3 is 0 Å². The fraction of sp³-hybridized carbons (Fsp3) is 0.316. The van der Waals surface area contributed by atoms with Crippen molar-refractivity contribution >= 4 is 15.9 Å². The van der Waals surface area contributed by atoms with Crippen LogP contribution in [0.3, 0.4) is 0 Å². The molecular formula is C19H22N2O4S. The van der Waals surface area contributed by atoms with Gasteiger partial charge in [0.15, 0.2) is 0 Å². The Bertz CT molecular complexity index is 886. The van der Waals surface area contributed by atoms with Crippen molar-refractivity contribution < 1.29 is 17.9 Å². The zero-order valence-electron chi connectivity index (χ0n) is 14.9. The Morgan fingerprint density at radius 1 is 1.00 bits per heavy atom. The molecule has 7 heteroatoms. The molecule has 1 amide bonds. The third-order valence-corrected chi connectivity index (χ3v) is 6.40. The lowest BCUT2D eigenvalue weighted by molar-refractivity contribution is 0.0698. The Balaban J connectivity index is 1.68. The van der Waals surface area contributed by atoms with E-state index in [4.69, 9.17) is 4.74 Å². The van der Waals surface area contributed by atoms with Crippen LogP contribution in [0.15, 0.2) is 53.4 Å². The van der Waals surface area contributed by atoms with Crippen molar-refractivity contribution in [2.75, 3.05) is 33.3 Å². The third kappa shape index (κ3) is 3.73. The molecule has 0 radical (unpaired) electrons. The first kappa shape index (κ1) is 18.4. The molecule has 0 atom stereocenters. The Morgan fingerprint density at radius 3 is 2.23 bits per heavy atom. The van der Waals surface area contributed by atoms with Gasteiger partial charge < -0.3 is 9.64 Å². The Morgan fingerprint density at radius 2 is 1.65 bits per heavy atom. The van der Waals surface area contributed by atoms with Gasteiger partial charge in [0.05, 0.1) is 12.0 Å². The van der Waals surface area contributed by atoms with Gasteiger partial charge in [-0.05, 0) is 43.3 Å².